The van der Waals surface area contributed by atoms with Gasteiger partial charge in [0.25, 0.3) is 0 Å². The summed E-state index contributed by atoms with van der Waals surface area (Å²) < 4.78 is 18.0. The lowest BCUT2D eigenvalue weighted by Gasteiger charge is -2.07. The van der Waals surface area contributed by atoms with E-state index >= 15 is 0 Å². The molecule has 1 atom stereocenters. The number of aromatic nitrogens is 1. The number of benzene rings is 2. The molecule has 0 amide bonds. The summed E-state index contributed by atoms with van der Waals surface area (Å²) in [6, 6.07) is 20.3. The van der Waals surface area contributed by atoms with Crippen LogP contribution in [0.3, 0.4) is 0 Å². The molecule has 0 aliphatic carbocycles. The lowest BCUT2D eigenvalue weighted by atomic mass is 10.0. The van der Waals surface area contributed by atoms with E-state index in [1.54, 1.807) is 12.3 Å². The van der Waals surface area contributed by atoms with Gasteiger partial charge in [0.1, 0.15) is 12.4 Å². The molecule has 0 aliphatic heterocycles. The standard InChI is InChI=1S/C27H26FNO/c1-3-18-30-26-15-13-24(14-16-26)23-9-11-25(12-10-23)27-17-8-22(20-29-27)7-5-4-6-21(2)19-28/h3,8-17,20-21H,1,4,6,18-19H2,2H3. The summed E-state index contributed by atoms with van der Waals surface area (Å²) in [5, 5.41) is 0. The molecule has 3 aromatic rings. The summed E-state index contributed by atoms with van der Waals surface area (Å²) in [7, 11) is 0. The summed E-state index contributed by atoms with van der Waals surface area (Å²) in [6.45, 7) is 5.77. The first-order valence-electron chi connectivity index (χ1n) is 10.1. The minimum absolute atomic E-state index is 0.0753. The van der Waals surface area contributed by atoms with Crippen LogP contribution in [0.25, 0.3) is 22.4 Å². The quantitative estimate of drug-likeness (QED) is 0.310. The minimum Gasteiger partial charge on any atom is -0.490 e. The van der Waals surface area contributed by atoms with E-state index in [2.05, 4.69) is 47.7 Å². The van der Waals surface area contributed by atoms with Crippen molar-refractivity contribution in [3.8, 4) is 40.0 Å². The second kappa shape index (κ2) is 11.0. The highest BCUT2D eigenvalue weighted by Gasteiger charge is 2.03. The van der Waals surface area contributed by atoms with Crippen molar-refractivity contribution in [1.29, 1.82) is 0 Å². The van der Waals surface area contributed by atoms with E-state index in [0.717, 1.165) is 40.1 Å². The van der Waals surface area contributed by atoms with Crippen LogP contribution in [-0.2, 0) is 0 Å². The van der Waals surface area contributed by atoms with E-state index in [-0.39, 0.29) is 12.6 Å². The molecule has 0 saturated heterocycles. The molecule has 0 N–H and O–H groups in total. The summed E-state index contributed by atoms with van der Waals surface area (Å²) in [6.07, 6.45) is 5.01. The molecule has 1 aromatic heterocycles. The summed E-state index contributed by atoms with van der Waals surface area (Å²) >= 11 is 0. The molecular weight excluding hydrogens is 373 g/mol. The topological polar surface area (TPSA) is 22.1 Å². The van der Waals surface area contributed by atoms with E-state index in [4.69, 9.17) is 4.74 Å². The van der Waals surface area contributed by atoms with E-state index in [0.29, 0.717) is 13.0 Å². The van der Waals surface area contributed by atoms with Gasteiger partial charge in [-0.3, -0.25) is 9.37 Å². The third-order valence-corrected chi connectivity index (χ3v) is 4.76. The Kier molecular flexibility index (Phi) is 7.80. The lowest BCUT2D eigenvalue weighted by Crippen LogP contribution is -1.94. The van der Waals surface area contributed by atoms with Crippen molar-refractivity contribution in [3.63, 3.8) is 0 Å². The number of nitrogens with zero attached hydrogens (tertiary/aromatic N) is 1. The van der Waals surface area contributed by atoms with Gasteiger partial charge < -0.3 is 4.74 Å². The molecule has 3 heteroatoms. The third-order valence-electron chi connectivity index (χ3n) is 4.76. The van der Waals surface area contributed by atoms with Gasteiger partial charge in [-0.15, -0.1) is 0 Å². The molecule has 2 aromatic carbocycles. The van der Waals surface area contributed by atoms with Crippen molar-refractivity contribution >= 4 is 0 Å². The number of halogens is 1. The zero-order valence-electron chi connectivity index (χ0n) is 17.3. The summed E-state index contributed by atoms with van der Waals surface area (Å²) in [5.41, 5.74) is 5.11. The molecule has 152 valence electrons. The predicted molar refractivity (Wildman–Crippen MR) is 122 cm³/mol. The average Bonchev–Trinajstić information content (AvgIpc) is 2.81. The number of rotatable bonds is 8. The first-order valence-corrected chi connectivity index (χ1v) is 10.1. The smallest absolute Gasteiger partial charge is 0.119 e. The largest absolute Gasteiger partial charge is 0.490 e. The summed E-state index contributed by atoms with van der Waals surface area (Å²) in [4.78, 5) is 4.53. The van der Waals surface area contributed by atoms with Gasteiger partial charge in [-0.1, -0.05) is 67.8 Å². The number of alkyl halides is 1. The van der Waals surface area contributed by atoms with Crippen molar-refractivity contribution in [3.05, 3.63) is 85.1 Å². The van der Waals surface area contributed by atoms with Crippen molar-refractivity contribution in [1.82, 2.24) is 4.98 Å². The van der Waals surface area contributed by atoms with Gasteiger partial charge in [0, 0.05) is 23.7 Å². The molecule has 1 heterocycles. The maximum absolute atomic E-state index is 12.5. The van der Waals surface area contributed by atoms with Gasteiger partial charge >= 0.3 is 0 Å². The number of ether oxygens (including phenoxy) is 1. The van der Waals surface area contributed by atoms with Gasteiger partial charge in [0.2, 0.25) is 0 Å². The van der Waals surface area contributed by atoms with E-state index in [9.17, 15) is 4.39 Å². The fourth-order valence-electron chi connectivity index (χ4n) is 2.93. The van der Waals surface area contributed by atoms with Crippen LogP contribution < -0.4 is 4.74 Å². The molecule has 0 radical (unpaired) electrons. The Labute approximate surface area is 178 Å². The van der Waals surface area contributed by atoms with Crippen molar-refractivity contribution in [2.75, 3.05) is 13.3 Å². The lowest BCUT2D eigenvalue weighted by molar-refractivity contribution is 0.363. The zero-order chi connectivity index (χ0) is 21.2. The first kappa shape index (κ1) is 21.3. The van der Waals surface area contributed by atoms with Crippen LogP contribution in [0.15, 0.2) is 79.5 Å². The van der Waals surface area contributed by atoms with E-state index in [1.165, 1.54) is 0 Å². The summed E-state index contributed by atoms with van der Waals surface area (Å²) in [5.74, 6) is 7.10. The molecule has 0 spiro atoms. The van der Waals surface area contributed by atoms with Gasteiger partial charge in [-0.25, -0.2) is 0 Å². The van der Waals surface area contributed by atoms with Gasteiger partial charge in [0.05, 0.1) is 12.4 Å². The highest BCUT2D eigenvalue weighted by atomic mass is 19.1. The predicted octanol–water partition coefficient (Wildman–Crippen LogP) is 6.72. The Hall–Kier alpha value is -3.38. The van der Waals surface area contributed by atoms with Crippen LogP contribution in [0.2, 0.25) is 0 Å². The number of hydrogen-bond acceptors (Lipinski definition) is 2. The molecule has 3 rings (SSSR count). The molecule has 2 nitrogen and oxygen atoms in total. The Balaban J connectivity index is 1.63. The highest BCUT2D eigenvalue weighted by Crippen LogP contribution is 2.25. The Morgan fingerprint density at radius 2 is 1.67 bits per heavy atom. The fourth-order valence-corrected chi connectivity index (χ4v) is 2.93. The maximum Gasteiger partial charge on any atom is 0.119 e. The second-order valence-corrected chi connectivity index (χ2v) is 7.23. The van der Waals surface area contributed by atoms with Crippen LogP contribution in [0.1, 0.15) is 25.3 Å². The van der Waals surface area contributed by atoms with Crippen LogP contribution in [-0.4, -0.2) is 18.3 Å². The number of hydrogen-bond donors (Lipinski definition) is 0. The second-order valence-electron chi connectivity index (χ2n) is 7.23. The molecule has 0 saturated carbocycles. The van der Waals surface area contributed by atoms with E-state index in [1.807, 2.05) is 43.3 Å². The van der Waals surface area contributed by atoms with Gasteiger partial charge in [-0.05, 0) is 47.7 Å². The number of pyridine rings is 1. The zero-order valence-corrected chi connectivity index (χ0v) is 17.3. The first-order chi connectivity index (χ1) is 14.7. The van der Waals surface area contributed by atoms with Crippen LogP contribution in [0.5, 0.6) is 5.75 Å². The monoisotopic (exact) mass is 399 g/mol. The van der Waals surface area contributed by atoms with Crippen LogP contribution >= 0.6 is 0 Å². The molecule has 0 aliphatic rings. The van der Waals surface area contributed by atoms with Crippen LogP contribution in [0.4, 0.5) is 4.39 Å². The van der Waals surface area contributed by atoms with Gasteiger partial charge in [0.15, 0.2) is 0 Å². The van der Waals surface area contributed by atoms with Crippen LogP contribution in [0, 0.1) is 17.8 Å². The fraction of sp³-hybridized carbons (Fsp3) is 0.222. The third kappa shape index (κ3) is 6.06. The SMILES string of the molecule is C=CCOc1ccc(-c2ccc(-c3ccc(C#CCCC(C)CF)cn3)cc2)cc1. The molecular formula is C27H26FNO. The normalized spacial score (nSPS) is 11.3. The van der Waals surface area contributed by atoms with E-state index < -0.39 is 0 Å². The highest BCUT2D eigenvalue weighted by molar-refractivity contribution is 5.69. The molecule has 30 heavy (non-hydrogen) atoms. The van der Waals surface area contributed by atoms with Crippen molar-refractivity contribution < 1.29 is 9.13 Å². The van der Waals surface area contributed by atoms with Gasteiger partial charge in [-0.2, -0.15) is 0 Å². The maximum atomic E-state index is 12.5. The Morgan fingerprint density at radius 3 is 2.27 bits per heavy atom. The Morgan fingerprint density at radius 1 is 1.00 bits per heavy atom. The average molecular weight is 400 g/mol. The minimum atomic E-state index is -0.286. The van der Waals surface area contributed by atoms with Crippen molar-refractivity contribution in [2.24, 2.45) is 5.92 Å². The molecule has 1 unspecified atom stereocenters. The molecule has 0 bridgehead atoms. The molecule has 0 fully saturated rings. The Bertz CT molecular complexity index is 996. The van der Waals surface area contributed by atoms with Crippen molar-refractivity contribution in [2.45, 2.75) is 19.8 Å².